The molecule has 0 bridgehead atoms. The summed E-state index contributed by atoms with van der Waals surface area (Å²) in [5.41, 5.74) is 1.78. The van der Waals surface area contributed by atoms with E-state index in [0.29, 0.717) is 11.4 Å². The Morgan fingerprint density at radius 2 is 1.88 bits per heavy atom. The number of hydrogen-bond donors (Lipinski definition) is 1. The van der Waals surface area contributed by atoms with Gasteiger partial charge in [-0.15, -0.1) is 0 Å². The van der Waals surface area contributed by atoms with E-state index in [4.69, 9.17) is 16.7 Å². The second-order valence-corrected chi connectivity index (χ2v) is 7.04. The van der Waals surface area contributed by atoms with E-state index in [1.54, 1.807) is 6.20 Å². The lowest BCUT2D eigenvalue weighted by molar-refractivity contribution is -0.137. The summed E-state index contributed by atoms with van der Waals surface area (Å²) >= 11 is 6.08. The molecule has 4 nitrogen and oxygen atoms in total. The van der Waals surface area contributed by atoms with Crippen LogP contribution in [0.4, 0.5) is 0 Å². The molecule has 1 aromatic carbocycles. The minimum atomic E-state index is -0.765. The van der Waals surface area contributed by atoms with Crippen molar-refractivity contribution >= 4 is 17.6 Å². The molecule has 1 unspecified atom stereocenters. The van der Waals surface area contributed by atoms with Crippen molar-refractivity contribution in [2.75, 3.05) is 20.6 Å². The van der Waals surface area contributed by atoms with Crippen LogP contribution < -0.4 is 0 Å². The third-order valence-electron chi connectivity index (χ3n) is 4.53. The first kappa shape index (κ1) is 19.4. The summed E-state index contributed by atoms with van der Waals surface area (Å²) in [6, 6.07) is 13.8. The number of carbonyl (C=O) groups is 1. The second kappa shape index (κ2) is 8.97. The average molecular weight is 361 g/mol. The van der Waals surface area contributed by atoms with Gasteiger partial charge in [0.15, 0.2) is 0 Å². The van der Waals surface area contributed by atoms with E-state index in [9.17, 15) is 4.79 Å². The molecular formula is C20H25ClN2O2. The molecule has 0 spiro atoms. The predicted molar refractivity (Wildman–Crippen MR) is 101 cm³/mol. The standard InChI is InChI=1S/C20H25ClN2O2/c1-23(2)15-13-20(12-5-7-19(24)25,18-6-3-4-14-22-18)16-8-10-17(21)11-9-16/h3-4,6,8-11,14H,5,7,12-13,15H2,1-2H3,(H,24,25). The Bertz CT molecular complexity index is 674. The highest BCUT2D eigenvalue weighted by molar-refractivity contribution is 6.30. The Morgan fingerprint density at radius 1 is 1.16 bits per heavy atom. The summed E-state index contributed by atoms with van der Waals surface area (Å²) in [6.45, 7) is 0.881. The van der Waals surface area contributed by atoms with Gasteiger partial charge in [0.2, 0.25) is 0 Å². The van der Waals surface area contributed by atoms with Gasteiger partial charge < -0.3 is 10.0 Å². The van der Waals surface area contributed by atoms with Crippen LogP contribution in [0.25, 0.3) is 0 Å². The topological polar surface area (TPSA) is 53.4 Å². The summed E-state index contributed by atoms with van der Waals surface area (Å²) in [7, 11) is 4.09. The minimum absolute atomic E-state index is 0.157. The quantitative estimate of drug-likeness (QED) is 0.727. The first-order valence-electron chi connectivity index (χ1n) is 8.48. The molecule has 0 aliphatic rings. The van der Waals surface area contributed by atoms with Gasteiger partial charge in [-0.3, -0.25) is 9.78 Å². The largest absolute Gasteiger partial charge is 0.481 e. The lowest BCUT2D eigenvalue weighted by Crippen LogP contribution is -2.33. The van der Waals surface area contributed by atoms with E-state index < -0.39 is 5.97 Å². The first-order valence-corrected chi connectivity index (χ1v) is 8.86. The Balaban J connectivity index is 2.47. The van der Waals surface area contributed by atoms with Crippen LogP contribution in [0, 0.1) is 0 Å². The fourth-order valence-corrected chi connectivity index (χ4v) is 3.31. The molecule has 5 heteroatoms. The van der Waals surface area contributed by atoms with Gasteiger partial charge in [-0.25, -0.2) is 0 Å². The monoisotopic (exact) mass is 360 g/mol. The molecule has 0 radical (unpaired) electrons. The van der Waals surface area contributed by atoms with Crippen molar-refractivity contribution in [1.29, 1.82) is 0 Å². The van der Waals surface area contributed by atoms with Gasteiger partial charge in [0.05, 0.1) is 5.69 Å². The number of pyridine rings is 1. The molecular weight excluding hydrogens is 336 g/mol. The summed E-state index contributed by atoms with van der Waals surface area (Å²) in [6.07, 6.45) is 4.14. The molecule has 1 atom stereocenters. The van der Waals surface area contributed by atoms with Crippen LogP contribution in [0.1, 0.15) is 36.9 Å². The van der Waals surface area contributed by atoms with Gasteiger partial charge in [0.1, 0.15) is 0 Å². The zero-order valence-electron chi connectivity index (χ0n) is 14.8. The fourth-order valence-electron chi connectivity index (χ4n) is 3.19. The molecule has 1 heterocycles. The predicted octanol–water partition coefficient (Wildman–Crippen LogP) is 4.23. The van der Waals surface area contributed by atoms with Crippen LogP contribution in [0.3, 0.4) is 0 Å². The first-order chi connectivity index (χ1) is 11.9. The van der Waals surface area contributed by atoms with Crippen LogP contribution in [-0.4, -0.2) is 41.6 Å². The number of benzene rings is 1. The molecule has 0 saturated heterocycles. The average Bonchev–Trinajstić information content (AvgIpc) is 2.59. The molecule has 0 aliphatic carbocycles. The smallest absolute Gasteiger partial charge is 0.303 e. The van der Waals surface area contributed by atoms with Gasteiger partial charge in [-0.1, -0.05) is 29.8 Å². The maximum Gasteiger partial charge on any atom is 0.303 e. The zero-order chi connectivity index (χ0) is 18.3. The molecule has 2 rings (SSSR count). The van der Waals surface area contributed by atoms with Crippen molar-refractivity contribution in [3.8, 4) is 0 Å². The Hall–Kier alpha value is -1.91. The number of hydrogen-bond acceptors (Lipinski definition) is 3. The normalized spacial score (nSPS) is 13.6. The third kappa shape index (κ3) is 5.28. The van der Waals surface area contributed by atoms with E-state index >= 15 is 0 Å². The summed E-state index contributed by atoms with van der Waals surface area (Å²) < 4.78 is 0. The molecule has 0 fully saturated rings. The van der Waals surface area contributed by atoms with Gasteiger partial charge in [0.25, 0.3) is 0 Å². The lowest BCUT2D eigenvalue weighted by Gasteiger charge is -2.35. The number of aliphatic carboxylic acids is 1. The molecule has 2 aromatic rings. The zero-order valence-corrected chi connectivity index (χ0v) is 15.5. The molecule has 1 aromatic heterocycles. The van der Waals surface area contributed by atoms with Crippen LogP contribution in [0.15, 0.2) is 48.7 Å². The Morgan fingerprint density at radius 3 is 2.44 bits per heavy atom. The SMILES string of the molecule is CN(C)CCC(CCCC(=O)O)(c1ccc(Cl)cc1)c1ccccn1. The lowest BCUT2D eigenvalue weighted by atomic mass is 9.71. The molecule has 1 N–H and O–H groups in total. The van der Waals surface area contributed by atoms with Gasteiger partial charge >= 0.3 is 5.97 Å². The second-order valence-electron chi connectivity index (χ2n) is 6.60. The highest BCUT2D eigenvalue weighted by Crippen LogP contribution is 2.40. The number of rotatable bonds is 9. The third-order valence-corrected chi connectivity index (χ3v) is 4.78. The van der Waals surface area contributed by atoms with E-state index in [1.807, 2.05) is 56.6 Å². The fraction of sp³-hybridized carbons (Fsp3) is 0.400. The molecule has 0 aliphatic heterocycles. The van der Waals surface area contributed by atoms with Crippen LogP contribution >= 0.6 is 11.6 Å². The number of nitrogens with zero attached hydrogens (tertiary/aromatic N) is 2. The van der Waals surface area contributed by atoms with Crippen molar-refractivity contribution in [2.45, 2.75) is 31.1 Å². The van der Waals surface area contributed by atoms with Crippen molar-refractivity contribution in [2.24, 2.45) is 0 Å². The Labute approximate surface area is 154 Å². The molecule has 0 amide bonds. The number of aromatic nitrogens is 1. The minimum Gasteiger partial charge on any atom is -0.481 e. The van der Waals surface area contributed by atoms with Crippen molar-refractivity contribution in [3.05, 3.63) is 64.9 Å². The highest BCUT2D eigenvalue weighted by atomic mass is 35.5. The summed E-state index contributed by atoms with van der Waals surface area (Å²) in [5.74, 6) is -0.765. The Kier molecular flexibility index (Phi) is 6.97. The number of halogens is 1. The van der Waals surface area contributed by atoms with Crippen LogP contribution in [0.2, 0.25) is 5.02 Å². The van der Waals surface area contributed by atoms with Crippen LogP contribution in [-0.2, 0) is 10.2 Å². The van der Waals surface area contributed by atoms with Crippen molar-refractivity contribution in [1.82, 2.24) is 9.88 Å². The van der Waals surface area contributed by atoms with Crippen LogP contribution in [0.5, 0.6) is 0 Å². The summed E-state index contributed by atoms with van der Waals surface area (Å²) in [5, 5.41) is 9.76. The van der Waals surface area contributed by atoms with Gasteiger partial charge in [-0.2, -0.15) is 0 Å². The maximum absolute atomic E-state index is 11.0. The molecule has 0 saturated carbocycles. The summed E-state index contributed by atoms with van der Waals surface area (Å²) in [4.78, 5) is 17.8. The van der Waals surface area contributed by atoms with E-state index in [-0.39, 0.29) is 11.8 Å². The number of carboxylic acid groups (broad SMARTS) is 1. The number of carboxylic acids is 1. The maximum atomic E-state index is 11.0. The van der Waals surface area contributed by atoms with Gasteiger partial charge in [0, 0.05) is 23.1 Å². The highest BCUT2D eigenvalue weighted by Gasteiger charge is 2.35. The van der Waals surface area contributed by atoms with Crippen molar-refractivity contribution in [3.63, 3.8) is 0 Å². The molecule has 25 heavy (non-hydrogen) atoms. The van der Waals surface area contributed by atoms with E-state index in [0.717, 1.165) is 30.6 Å². The molecule has 134 valence electrons. The van der Waals surface area contributed by atoms with E-state index in [2.05, 4.69) is 9.88 Å². The van der Waals surface area contributed by atoms with E-state index in [1.165, 1.54) is 0 Å². The van der Waals surface area contributed by atoms with Gasteiger partial charge in [-0.05, 0) is 69.7 Å². The van der Waals surface area contributed by atoms with Crippen molar-refractivity contribution < 1.29 is 9.90 Å².